The highest BCUT2D eigenvalue weighted by Crippen LogP contribution is 2.41. The lowest BCUT2D eigenvalue weighted by molar-refractivity contribution is -0.138. The highest BCUT2D eigenvalue weighted by atomic mass is 32.1. The van der Waals surface area contributed by atoms with Crippen molar-refractivity contribution in [3.05, 3.63) is 61.8 Å². The van der Waals surface area contributed by atoms with Crippen LogP contribution >= 0.6 is 11.3 Å². The number of anilines is 1. The summed E-state index contributed by atoms with van der Waals surface area (Å²) in [4.78, 5) is 29.2. The number of thiophene rings is 1. The molecule has 6 nitrogen and oxygen atoms in total. The quantitative estimate of drug-likeness (QED) is 0.722. The van der Waals surface area contributed by atoms with E-state index in [0.717, 1.165) is 29.2 Å². The number of hydrogen-bond acceptors (Lipinski definition) is 6. The number of carbonyl (C=O) groups excluding carboxylic acids is 1. The predicted octanol–water partition coefficient (Wildman–Crippen LogP) is 3.26. The van der Waals surface area contributed by atoms with Crippen molar-refractivity contribution in [2.24, 2.45) is 0 Å². The van der Waals surface area contributed by atoms with Crippen molar-refractivity contribution in [3.63, 3.8) is 0 Å². The zero-order chi connectivity index (χ0) is 20.3. The molecule has 2 aromatic heterocycles. The third-order valence-corrected chi connectivity index (χ3v) is 5.77. The molecular weight excluding hydrogens is 374 g/mol. The van der Waals surface area contributed by atoms with Crippen LogP contribution in [0.3, 0.4) is 0 Å². The van der Waals surface area contributed by atoms with E-state index in [4.69, 9.17) is 4.74 Å². The summed E-state index contributed by atoms with van der Waals surface area (Å²) in [5, 5.41) is 5.21. The zero-order valence-electron chi connectivity index (χ0n) is 16.8. The fourth-order valence-corrected chi connectivity index (χ4v) is 4.41. The van der Waals surface area contributed by atoms with Gasteiger partial charge in [0, 0.05) is 29.0 Å². The van der Waals surface area contributed by atoms with Gasteiger partial charge in [0.25, 0.3) is 5.56 Å². The molecular formula is C21H27N3O3S. The number of fused-ring (bicyclic) bond motifs is 1. The van der Waals surface area contributed by atoms with Crippen LogP contribution in [0.4, 0.5) is 5.69 Å². The van der Waals surface area contributed by atoms with Crippen molar-refractivity contribution in [2.45, 2.75) is 32.7 Å². The number of nitrogens with one attached hydrogen (secondary N) is 1. The number of hydrogen-bond donors (Lipinski definition) is 1. The number of esters is 1. The van der Waals surface area contributed by atoms with Gasteiger partial charge in [-0.25, -0.2) is 4.79 Å². The molecule has 3 heterocycles. The van der Waals surface area contributed by atoms with Crippen LogP contribution in [-0.4, -0.2) is 42.7 Å². The molecule has 0 saturated heterocycles. The van der Waals surface area contributed by atoms with Crippen LogP contribution in [0.1, 0.15) is 36.6 Å². The average Bonchev–Trinajstić information content (AvgIpc) is 3.17. The van der Waals surface area contributed by atoms with Gasteiger partial charge in [0.15, 0.2) is 0 Å². The number of pyridine rings is 1. The average molecular weight is 402 g/mol. The third-order valence-electron chi connectivity index (χ3n) is 4.83. The molecule has 0 spiro atoms. The van der Waals surface area contributed by atoms with E-state index in [0.29, 0.717) is 24.3 Å². The Labute approximate surface area is 169 Å². The van der Waals surface area contributed by atoms with Crippen molar-refractivity contribution in [2.75, 3.05) is 32.6 Å². The van der Waals surface area contributed by atoms with Gasteiger partial charge in [-0.1, -0.05) is 6.07 Å². The Bertz CT molecular complexity index is 929. The van der Waals surface area contributed by atoms with Crippen LogP contribution in [0.5, 0.6) is 0 Å². The molecule has 7 heteroatoms. The molecule has 0 aromatic carbocycles. The van der Waals surface area contributed by atoms with Gasteiger partial charge in [0.1, 0.15) is 0 Å². The number of ether oxygens (including phenoxy) is 1. The van der Waals surface area contributed by atoms with Gasteiger partial charge in [-0.2, -0.15) is 0 Å². The molecule has 1 aliphatic heterocycles. The van der Waals surface area contributed by atoms with E-state index in [9.17, 15) is 9.59 Å². The molecule has 150 valence electrons. The fraction of sp³-hybridized carbons (Fsp3) is 0.429. The molecule has 1 unspecified atom stereocenters. The van der Waals surface area contributed by atoms with Gasteiger partial charge in [0.2, 0.25) is 0 Å². The minimum Gasteiger partial charge on any atom is -0.463 e. The number of rotatable bonds is 7. The van der Waals surface area contributed by atoms with Crippen LogP contribution in [-0.2, 0) is 16.1 Å². The minimum atomic E-state index is -0.413. The third kappa shape index (κ3) is 4.05. The Balaban J connectivity index is 2.08. The number of aromatic nitrogens is 1. The molecule has 2 aromatic rings. The number of nitrogens with zero attached hydrogens (tertiary/aromatic N) is 2. The zero-order valence-corrected chi connectivity index (χ0v) is 17.6. The molecule has 1 N–H and O–H groups in total. The molecule has 0 fully saturated rings. The summed E-state index contributed by atoms with van der Waals surface area (Å²) in [6, 6.07) is 5.84. The van der Waals surface area contributed by atoms with Crippen LogP contribution in [0.15, 0.2) is 45.8 Å². The van der Waals surface area contributed by atoms with Crippen LogP contribution < -0.4 is 10.9 Å². The largest absolute Gasteiger partial charge is 0.463 e. The molecule has 0 radical (unpaired) electrons. The van der Waals surface area contributed by atoms with Gasteiger partial charge < -0.3 is 19.5 Å². The smallest absolute Gasteiger partial charge is 0.336 e. The predicted molar refractivity (Wildman–Crippen MR) is 113 cm³/mol. The van der Waals surface area contributed by atoms with Crippen LogP contribution in [0, 0.1) is 0 Å². The lowest BCUT2D eigenvalue weighted by Gasteiger charge is -2.29. The van der Waals surface area contributed by atoms with Crippen molar-refractivity contribution < 1.29 is 9.53 Å². The molecule has 0 bridgehead atoms. The van der Waals surface area contributed by atoms with Crippen molar-refractivity contribution in [3.8, 4) is 0 Å². The first kappa shape index (κ1) is 20.4. The summed E-state index contributed by atoms with van der Waals surface area (Å²) in [5.41, 5.74) is 2.56. The summed E-state index contributed by atoms with van der Waals surface area (Å²) in [6.45, 7) is 5.49. The van der Waals surface area contributed by atoms with Gasteiger partial charge in [-0.05, 0) is 58.4 Å². The van der Waals surface area contributed by atoms with Crippen LogP contribution in [0.25, 0.3) is 0 Å². The molecule has 1 atom stereocenters. The SMILES string of the molecule is CCOC(=O)C1=C(C)Nc2ccn(CCCN(C)C)c(=O)c2C1c1cccs1. The Morgan fingerprint density at radius 3 is 2.79 bits per heavy atom. The summed E-state index contributed by atoms with van der Waals surface area (Å²) >= 11 is 1.55. The fourth-order valence-electron chi connectivity index (χ4n) is 3.56. The van der Waals surface area contributed by atoms with Crippen molar-refractivity contribution in [1.29, 1.82) is 0 Å². The lowest BCUT2D eigenvalue weighted by Crippen LogP contribution is -2.33. The molecule has 3 rings (SSSR count). The second-order valence-electron chi connectivity index (χ2n) is 7.13. The van der Waals surface area contributed by atoms with Gasteiger partial charge in [-0.3, -0.25) is 4.79 Å². The number of carbonyl (C=O) groups is 1. The molecule has 1 aliphatic rings. The van der Waals surface area contributed by atoms with Gasteiger partial charge >= 0.3 is 5.97 Å². The van der Waals surface area contributed by atoms with E-state index < -0.39 is 5.92 Å². The van der Waals surface area contributed by atoms with Gasteiger partial charge in [-0.15, -0.1) is 11.3 Å². The van der Waals surface area contributed by atoms with E-state index in [1.807, 2.05) is 50.8 Å². The Morgan fingerprint density at radius 1 is 1.36 bits per heavy atom. The summed E-state index contributed by atoms with van der Waals surface area (Å²) in [7, 11) is 4.04. The van der Waals surface area contributed by atoms with Gasteiger partial charge in [0.05, 0.1) is 23.7 Å². The Hall–Kier alpha value is -2.38. The summed E-state index contributed by atoms with van der Waals surface area (Å²) in [5.74, 6) is -0.789. The first-order chi connectivity index (χ1) is 13.4. The molecule has 28 heavy (non-hydrogen) atoms. The maximum atomic E-state index is 13.4. The molecule has 0 aliphatic carbocycles. The topological polar surface area (TPSA) is 63.6 Å². The standard InChI is InChI=1S/C21H27N3O3S/c1-5-27-21(26)17-14(2)22-15-9-12-24(11-7-10-23(3)4)20(25)18(15)19(17)16-8-6-13-28-16/h6,8-9,12-13,19,22H,5,7,10-11H2,1-4H3. The second kappa shape index (κ2) is 8.75. The first-order valence-corrected chi connectivity index (χ1v) is 10.4. The van der Waals surface area contributed by atoms with E-state index in [1.54, 1.807) is 22.8 Å². The van der Waals surface area contributed by atoms with Crippen LogP contribution in [0.2, 0.25) is 0 Å². The normalized spacial score (nSPS) is 16.1. The number of allylic oxidation sites excluding steroid dienone is 1. The minimum absolute atomic E-state index is 0.0588. The highest BCUT2D eigenvalue weighted by Gasteiger charge is 2.36. The maximum Gasteiger partial charge on any atom is 0.336 e. The molecule has 0 amide bonds. The van der Waals surface area contributed by atoms with E-state index in [-0.39, 0.29) is 11.5 Å². The second-order valence-corrected chi connectivity index (χ2v) is 8.11. The number of aryl methyl sites for hydroxylation is 1. The van der Waals surface area contributed by atoms with E-state index in [1.165, 1.54) is 0 Å². The summed E-state index contributed by atoms with van der Waals surface area (Å²) in [6.07, 6.45) is 2.71. The monoisotopic (exact) mass is 401 g/mol. The summed E-state index contributed by atoms with van der Waals surface area (Å²) < 4.78 is 7.05. The van der Waals surface area contributed by atoms with Crippen molar-refractivity contribution >= 4 is 23.0 Å². The molecule has 0 saturated carbocycles. The lowest BCUT2D eigenvalue weighted by atomic mass is 9.85. The van der Waals surface area contributed by atoms with E-state index >= 15 is 0 Å². The Kier molecular flexibility index (Phi) is 6.36. The highest BCUT2D eigenvalue weighted by molar-refractivity contribution is 7.10. The maximum absolute atomic E-state index is 13.4. The van der Waals surface area contributed by atoms with Crippen molar-refractivity contribution in [1.82, 2.24) is 9.47 Å². The first-order valence-electron chi connectivity index (χ1n) is 9.50. The van der Waals surface area contributed by atoms with E-state index in [2.05, 4.69) is 10.2 Å². The Morgan fingerprint density at radius 2 is 2.14 bits per heavy atom.